The average Bonchev–Trinajstić information content (AvgIpc) is 2.68. The van der Waals surface area contributed by atoms with Gasteiger partial charge in [0.15, 0.2) is 0 Å². The van der Waals surface area contributed by atoms with Crippen LogP contribution in [0.4, 0.5) is 14.9 Å². The molecule has 0 aromatic heterocycles. The Hall–Kier alpha value is -3.67. The lowest BCUT2D eigenvalue weighted by Gasteiger charge is -2.19. The molecule has 142 valence electrons. The summed E-state index contributed by atoms with van der Waals surface area (Å²) in [4.78, 5) is 24.0. The van der Waals surface area contributed by atoms with E-state index in [1.54, 1.807) is 12.1 Å². The summed E-state index contributed by atoms with van der Waals surface area (Å²) in [7, 11) is 0. The van der Waals surface area contributed by atoms with Gasteiger partial charge in [0.25, 0.3) is 0 Å². The van der Waals surface area contributed by atoms with Gasteiger partial charge in [0.1, 0.15) is 5.82 Å². The third-order valence-electron chi connectivity index (χ3n) is 4.27. The number of benzene rings is 3. The summed E-state index contributed by atoms with van der Waals surface area (Å²) in [6.45, 7) is 0. The molecule has 3 amide bonds. The van der Waals surface area contributed by atoms with E-state index in [2.05, 4.69) is 10.6 Å². The monoisotopic (exact) mass is 377 g/mol. The van der Waals surface area contributed by atoms with Crippen LogP contribution in [0.15, 0.2) is 78.9 Å². The van der Waals surface area contributed by atoms with E-state index < -0.39 is 17.9 Å². The Labute approximate surface area is 162 Å². The van der Waals surface area contributed by atoms with E-state index in [9.17, 15) is 14.0 Å². The summed E-state index contributed by atoms with van der Waals surface area (Å²) in [6.07, 6.45) is -0.160. The van der Waals surface area contributed by atoms with Crippen LogP contribution in [-0.4, -0.2) is 11.9 Å². The Kier molecular flexibility index (Phi) is 6.01. The number of urea groups is 1. The molecule has 1 unspecified atom stereocenters. The molecule has 0 aliphatic heterocycles. The summed E-state index contributed by atoms with van der Waals surface area (Å²) in [5, 5.41) is 5.29. The molecule has 0 bridgehead atoms. The highest BCUT2D eigenvalue weighted by Crippen LogP contribution is 2.28. The number of nitrogens with one attached hydrogen (secondary N) is 2. The number of halogens is 1. The van der Waals surface area contributed by atoms with Gasteiger partial charge in [0.05, 0.1) is 12.5 Å². The van der Waals surface area contributed by atoms with Gasteiger partial charge in [0.2, 0.25) is 5.91 Å². The lowest BCUT2D eigenvalue weighted by molar-refractivity contribution is -0.116. The fourth-order valence-electron chi connectivity index (χ4n) is 3.02. The third-order valence-corrected chi connectivity index (χ3v) is 4.27. The number of para-hydroxylation sites is 1. The van der Waals surface area contributed by atoms with Gasteiger partial charge in [-0.1, -0.05) is 66.7 Å². The molecular formula is C22H20FN3O2. The molecule has 0 saturated carbocycles. The highest BCUT2D eigenvalue weighted by Gasteiger charge is 2.21. The van der Waals surface area contributed by atoms with E-state index in [0.717, 1.165) is 11.1 Å². The quantitative estimate of drug-likeness (QED) is 0.601. The van der Waals surface area contributed by atoms with Crippen molar-refractivity contribution in [2.24, 2.45) is 5.73 Å². The van der Waals surface area contributed by atoms with Crippen LogP contribution in [0, 0.1) is 5.82 Å². The van der Waals surface area contributed by atoms with Crippen LogP contribution in [0.1, 0.15) is 18.0 Å². The smallest absolute Gasteiger partial charge is 0.312 e. The fraction of sp³-hybridized carbons (Fsp3) is 0.0909. The molecule has 3 aromatic rings. The maximum absolute atomic E-state index is 14.1. The summed E-state index contributed by atoms with van der Waals surface area (Å²) in [5.74, 6) is -0.885. The van der Waals surface area contributed by atoms with E-state index >= 15 is 0 Å². The second kappa shape index (κ2) is 8.81. The van der Waals surface area contributed by atoms with Crippen LogP contribution in [0.2, 0.25) is 0 Å². The summed E-state index contributed by atoms with van der Waals surface area (Å²) in [6, 6.07) is 21.3. The predicted molar refractivity (Wildman–Crippen MR) is 107 cm³/mol. The molecule has 3 aromatic carbocycles. The molecule has 0 fully saturated rings. The Bertz CT molecular complexity index is 976. The minimum atomic E-state index is -0.873. The molecule has 0 radical (unpaired) electrons. The van der Waals surface area contributed by atoms with Crippen molar-refractivity contribution in [2.45, 2.75) is 12.5 Å². The summed E-state index contributed by atoms with van der Waals surface area (Å²) in [5.41, 5.74) is 7.86. The van der Waals surface area contributed by atoms with E-state index in [1.165, 1.54) is 18.2 Å². The van der Waals surface area contributed by atoms with Crippen molar-refractivity contribution in [3.05, 3.63) is 90.2 Å². The van der Waals surface area contributed by atoms with Gasteiger partial charge in [-0.3, -0.25) is 4.79 Å². The second-order valence-corrected chi connectivity index (χ2v) is 6.25. The first-order valence-corrected chi connectivity index (χ1v) is 8.79. The number of anilines is 1. The Morgan fingerprint density at radius 3 is 2.25 bits per heavy atom. The summed E-state index contributed by atoms with van der Waals surface area (Å²) >= 11 is 0. The maximum Gasteiger partial charge on any atom is 0.312 e. The summed E-state index contributed by atoms with van der Waals surface area (Å²) < 4.78 is 14.1. The first-order chi connectivity index (χ1) is 13.5. The number of nitrogens with two attached hydrogens (primary N) is 1. The highest BCUT2D eigenvalue weighted by atomic mass is 19.1. The number of hydrogen-bond acceptors (Lipinski definition) is 2. The van der Waals surface area contributed by atoms with Gasteiger partial charge in [-0.15, -0.1) is 0 Å². The van der Waals surface area contributed by atoms with Gasteiger partial charge in [-0.25, -0.2) is 9.18 Å². The molecule has 28 heavy (non-hydrogen) atoms. The van der Waals surface area contributed by atoms with Gasteiger partial charge in [0, 0.05) is 16.8 Å². The van der Waals surface area contributed by atoms with Crippen LogP contribution in [0.25, 0.3) is 11.1 Å². The average molecular weight is 377 g/mol. The fourth-order valence-corrected chi connectivity index (χ4v) is 3.02. The lowest BCUT2D eigenvalue weighted by Crippen LogP contribution is -2.35. The predicted octanol–water partition coefficient (Wildman–Crippen LogP) is 4.23. The van der Waals surface area contributed by atoms with E-state index in [-0.39, 0.29) is 17.9 Å². The Balaban J connectivity index is 1.81. The normalized spacial score (nSPS) is 11.5. The molecule has 6 heteroatoms. The molecule has 1 atom stereocenters. The minimum absolute atomic E-state index is 0.160. The second-order valence-electron chi connectivity index (χ2n) is 6.25. The largest absolute Gasteiger partial charge is 0.352 e. The first-order valence-electron chi connectivity index (χ1n) is 8.79. The number of carbonyl (C=O) groups excluding carboxylic acids is 2. The number of rotatable bonds is 6. The van der Waals surface area contributed by atoms with Crippen LogP contribution in [-0.2, 0) is 4.79 Å². The standard InChI is InChI=1S/C22H20FN3O2/c23-18-12-6-4-11-17(18)20(26-22(24)28)14-21(27)25-19-13-7-5-10-16(19)15-8-2-1-3-9-15/h1-13,20H,14H2,(H,25,27)(H3,24,26,28). The molecule has 5 nitrogen and oxygen atoms in total. The number of amides is 3. The zero-order chi connectivity index (χ0) is 19.9. The number of hydrogen-bond donors (Lipinski definition) is 3. The van der Waals surface area contributed by atoms with Crippen LogP contribution in [0.3, 0.4) is 0 Å². The topological polar surface area (TPSA) is 84.2 Å². The van der Waals surface area contributed by atoms with E-state index in [1.807, 2.05) is 48.5 Å². The number of carbonyl (C=O) groups is 2. The SMILES string of the molecule is NC(=O)NC(CC(=O)Nc1ccccc1-c1ccccc1)c1ccccc1F. The van der Waals surface area contributed by atoms with Crippen LogP contribution < -0.4 is 16.4 Å². The Morgan fingerprint density at radius 1 is 0.893 bits per heavy atom. The van der Waals surface area contributed by atoms with Gasteiger partial charge in [-0.2, -0.15) is 0 Å². The zero-order valence-corrected chi connectivity index (χ0v) is 15.1. The van der Waals surface area contributed by atoms with Crippen molar-refractivity contribution < 1.29 is 14.0 Å². The molecule has 0 spiro atoms. The van der Waals surface area contributed by atoms with Crippen molar-refractivity contribution in [3.63, 3.8) is 0 Å². The van der Waals surface area contributed by atoms with Crippen molar-refractivity contribution in [2.75, 3.05) is 5.32 Å². The molecule has 0 heterocycles. The van der Waals surface area contributed by atoms with Gasteiger partial charge < -0.3 is 16.4 Å². The zero-order valence-electron chi connectivity index (χ0n) is 15.1. The molecule has 0 aliphatic carbocycles. The minimum Gasteiger partial charge on any atom is -0.352 e. The maximum atomic E-state index is 14.1. The van der Waals surface area contributed by atoms with Crippen molar-refractivity contribution in [3.8, 4) is 11.1 Å². The third kappa shape index (κ3) is 4.73. The van der Waals surface area contributed by atoms with Crippen molar-refractivity contribution in [1.29, 1.82) is 0 Å². The van der Waals surface area contributed by atoms with E-state index in [0.29, 0.717) is 5.69 Å². The lowest BCUT2D eigenvalue weighted by atomic mass is 10.0. The van der Waals surface area contributed by atoms with Gasteiger partial charge >= 0.3 is 6.03 Å². The van der Waals surface area contributed by atoms with Crippen LogP contribution in [0.5, 0.6) is 0 Å². The van der Waals surface area contributed by atoms with Crippen molar-refractivity contribution in [1.82, 2.24) is 5.32 Å². The molecular weight excluding hydrogens is 357 g/mol. The molecule has 0 saturated heterocycles. The van der Waals surface area contributed by atoms with Crippen LogP contribution >= 0.6 is 0 Å². The highest BCUT2D eigenvalue weighted by molar-refractivity contribution is 5.96. The molecule has 0 aliphatic rings. The van der Waals surface area contributed by atoms with E-state index in [4.69, 9.17) is 5.73 Å². The number of primary amides is 1. The molecule has 3 rings (SSSR count). The van der Waals surface area contributed by atoms with Gasteiger partial charge in [-0.05, 0) is 17.7 Å². The Morgan fingerprint density at radius 2 is 1.54 bits per heavy atom. The molecule has 4 N–H and O–H groups in total. The van der Waals surface area contributed by atoms with Crippen molar-refractivity contribution >= 4 is 17.6 Å². The first kappa shape index (κ1) is 19.1.